The van der Waals surface area contributed by atoms with E-state index < -0.39 is 0 Å². The van der Waals surface area contributed by atoms with E-state index in [4.69, 9.17) is 0 Å². The molecule has 1 amide bonds. The van der Waals surface area contributed by atoms with Gasteiger partial charge in [-0.15, -0.1) is 0 Å². The van der Waals surface area contributed by atoms with Gasteiger partial charge in [0.1, 0.15) is 0 Å². The van der Waals surface area contributed by atoms with E-state index in [9.17, 15) is 4.79 Å². The second-order valence-corrected chi connectivity index (χ2v) is 3.30. The Hall–Kier alpha value is 0.160. The maximum Gasteiger partial charge on any atom is 0.217 e. The number of amides is 1. The molecule has 10 heavy (non-hydrogen) atoms. The molecule has 0 spiro atoms. The summed E-state index contributed by atoms with van der Waals surface area (Å²) in [7, 11) is 0. The highest BCUT2D eigenvalue weighted by Gasteiger charge is 2.28. The van der Waals surface area contributed by atoms with Crippen molar-refractivity contribution in [1.82, 2.24) is 8.85 Å². The van der Waals surface area contributed by atoms with Gasteiger partial charge in [-0.05, 0) is 12.8 Å². The molecular formula is C6H11IN2O. The van der Waals surface area contributed by atoms with Gasteiger partial charge in [-0.3, -0.25) is 8.32 Å². The standard InChI is InChI=1S/C6H11IN2O/c1-4(10)8-5-2-6(3-5)9-7/h5-6,9H,2-3H2,1H3,(H,8,10). The Morgan fingerprint density at radius 2 is 2.10 bits per heavy atom. The number of hydrogen-bond donors (Lipinski definition) is 2. The topological polar surface area (TPSA) is 41.1 Å². The van der Waals surface area contributed by atoms with Crippen LogP contribution >= 0.6 is 22.9 Å². The number of halogens is 1. The normalized spacial score (nSPS) is 31.0. The lowest BCUT2D eigenvalue weighted by Crippen LogP contribution is -2.49. The molecule has 0 saturated heterocycles. The minimum absolute atomic E-state index is 0.0805. The van der Waals surface area contributed by atoms with Gasteiger partial charge in [-0.2, -0.15) is 0 Å². The molecule has 0 aromatic rings. The maximum atomic E-state index is 10.5. The third-order valence-corrected chi connectivity index (χ3v) is 2.58. The van der Waals surface area contributed by atoms with E-state index in [-0.39, 0.29) is 5.91 Å². The van der Waals surface area contributed by atoms with Gasteiger partial charge >= 0.3 is 0 Å². The Balaban J connectivity index is 2.08. The fraction of sp³-hybridized carbons (Fsp3) is 0.833. The first-order valence-electron chi connectivity index (χ1n) is 3.35. The Bertz CT molecular complexity index is 134. The quantitative estimate of drug-likeness (QED) is 0.559. The predicted octanol–water partition coefficient (Wildman–Crippen LogP) is 0.593. The molecule has 1 aliphatic rings. The second-order valence-electron chi connectivity index (χ2n) is 2.67. The van der Waals surface area contributed by atoms with Crippen LogP contribution in [-0.4, -0.2) is 18.0 Å². The van der Waals surface area contributed by atoms with E-state index in [1.807, 2.05) is 0 Å². The lowest BCUT2D eigenvalue weighted by molar-refractivity contribution is -0.120. The maximum absolute atomic E-state index is 10.5. The molecule has 1 aliphatic carbocycles. The summed E-state index contributed by atoms with van der Waals surface area (Å²) in [6, 6.07) is 1.03. The molecule has 0 atom stereocenters. The molecule has 58 valence electrons. The summed E-state index contributed by atoms with van der Waals surface area (Å²) in [5.74, 6) is 0.0805. The lowest BCUT2D eigenvalue weighted by atomic mass is 9.88. The first-order chi connectivity index (χ1) is 4.72. The summed E-state index contributed by atoms with van der Waals surface area (Å²) in [6.45, 7) is 1.56. The monoisotopic (exact) mass is 254 g/mol. The minimum Gasteiger partial charge on any atom is -0.353 e. The summed E-state index contributed by atoms with van der Waals surface area (Å²) < 4.78 is 3.12. The molecule has 0 radical (unpaired) electrons. The third kappa shape index (κ3) is 2.09. The van der Waals surface area contributed by atoms with Gasteiger partial charge < -0.3 is 5.32 Å². The van der Waals surface area contributed by atoms with Crippen molar-refractivity contribution in [3.8, 4) is 0 Å². The highest BCUT2D eigenvalue weighted by molar-refractivity contribution is 14.1. The van der Waals surface area contributed by atoms with E-state index in [0.29, 0.717) is 12.1 Å². The van der Waals surface area contributed by atoms with E-state index in [0.717, 1.165) is 12.8 Å². The van der Waals surface area contributed by atoms with Crippen molar-refractivity contribution in [3.63, 3.8) is 0 Å². The zero-order valence-corrected chi connectivity index (χ0v) is 8.01. The van der Waals surface area contributed by atoms with Crippen molar-refractivity contribution in [3.05, 3.63) is 0 Å². The molecule has 0 heterocycles. The van der Waals surface area contributed by atoms with E-state index in [2.05, 4.69) is 31.7 Å². The SMILES string of the molecule is CC(=O)NC1CC(NI)C1. The Morgan fingerprint density at radius 1 is 1.50 bits per heavy atom. The minimum atomic E-state index is 0.0805. The van der Waals surface area contributed by atoms with Crippen LogP contribution in [0.2, 0.25) is 0 Å². The number of carbonyl (C=O) groups excluding carboxylic acids is 1. The molecule has 0 aromatic heterocycles. The first kappa shape index (κ1) is 8.26. The number of hydrogen-bond acceptors (Lipinski definition) is 2. The van der Waals surface area contributed by atoms with Crippen LogP contribution < -0.4 is 8.85 Å². The predicted molar refractivity (Wildman–Crippen MR) is 47.8 cm³/mol. The molecule has 0 aliphatic heterocycles. The second kappa shape index (κ2) is 3.52. The molecule has 1 saturated carbocycles. The van der Waals surface area contributed by atoms with E-state index >= 15 is 0 Å². The zero-order chi connectivity index (χ0) is 7.56. The summed E-state index contributed by atoms with van der Waals surface area (Å²) in [5, 5.41) is 2.86. The van der Waals surface area contributed by atoms with E-state index in [1.54, 1.807) is 6.92 Å². The number of carbonyl (C=O) groups is 1. The molecule has 1 fully saturated rings. The first-order valence-corrected chi connectivity index (χ1v) is 4.43. The lowest BCUT2D eigenvalue weighted by Gasteiger charge is -2.34. The van der Waals surface area contributed by atoms with Crippen LogP contribution in [0.5, 0.6) is 0 Å². The molecular weight excluding hydrogens is 243 g/mol. The number of nitrogens with one attached hydrogen (secondary N) is 2. The van der Waals surface area contributed by atoms with Crippen molar-refractivity contribution in [2.45, 2.75) is 31.8 Å². The summed E-state index contributed by atoms with van der Waals surface area (Å²) in [5.41, 5.74) is 0. The van der Waals surface area contributed by atoms with Crippen LogP contribution in [0.25, 0.3) is 0 Å². The van der Waals surface area contributed by atoms with Crippen molar-refractivity contribution in [2.24, 2.45) is 0 Å². The van der Waals surface area contributed by atoms with Crippen LogP contribution in [0.4, 0.5) is 0 Å². The molecule has 3 nitrogen and oxygen atoms in total. The van der Waals surface area contributed by atoms with Gasteiger partial charge in [0.2, 0.25) is 5.91 Å². The van der Waals surface area contributed by atoms with Gasteiger partial charge in [0.05, 0.1) is 0 Å². The van der Waals surface area contributed by atoms with Gasteiger partial charge in [-0.25, -0.2) is 0 Å². The van der Waals surface area contributed by atoms with Crippen molar-refractivity contribution >= 4 is 28.8 Å². The zero-order valence-electron chi connectivity index (χ0n) is 5.86. The summed E-state index contributed by atoms with van der Waals surface area (Å²) >= 11 is 2.15. The van der Waals surface area contributed by atoms with Crippen LogP contribution in [-0.2, 0) is 4.79 Å². The van der Waals surface area contributed by atoms with Gasteiger partial charge in [0.15, 0.2) is 0 Å². The largest absolute Gasteiger partial charge is 0.353 e. The smallest absolute Gasteiger partial charge is 0.217 e. The van der Waals surface area contributed by atoms with Crippen molar-refractivity contribution in [1.29, 1.82) is 0 Å². The highest BCUT2D eigenvalue weighted by atomic mass is 127. The van der Waals surface area contributed by atoms with Crippen molar-refractivity contribution < 1.29 is 4.79 Å². The molecule has 0 aromatic carbocycles. The highest BCUT2D eigenvalue weighted by Crippen LogP contribution is 2.20. The summed E-state index contributed by atoms with van der Waals surface area (Å²) in [4.78, 5) is 10.5. The van der Waals surface area contributed by atoms with Gasteiger partial charge in [0.25, 0.3) is 0 Å². The van der Waals surface area contributed by atoms with Gasteiger partial charge in [-0.1, -0.05) is 0 Å². The molecule has 1 rings (SSSR count). The Kier molecular flexibility index (Phi) is 2.91. The Morgan fingerprint density at radius 3 is 2.50 bits per heavy atom. The van der Waals surface area contributed by atoms with Crippen molar-refractivity contribution in [2.75, 3.05) is 0 Å². The average Bonchev–Trinajstić information content (AvgIpc) is 1.76. The molecule has 0 unspecified atom stereocenters. The fourth-order valence-corrected chi connectivity index (χ4v) is 1.62. The fourth-order valence-electron chi connectivity index (χ4n) is 1.11. The average molecular weight is 254 g/mol. The third-order valence-electron chi connectivity index (χ3n) is 1.70. The van der Waals surface area contributed by atoms with Crippen LogP contribution in [0.3, 0.4) is 0 Å². The molecule has 4 heteroatoms. The Labute approximate surface area is 74.4 Å². The van der Waals surface area contributed by atoms with Crippen LogP contribution in [0, 0.1) is 0 Å². The molecule has 0 bridgehead atoms. The summed E-state index contributed by atoms with van der Waals surface area (Å²) in [6.07, 6.45) is 2.14. The van der Waals surface area contributed by atoms with Gasteiger partial charge in [0, 0.05) is 41.9 Å². The number of rotatable bonds is 2. The van der Waals surface area contributed by atoms with Crippen LogP contribution in [0.15, 0.2) is 0 Å². The van der Waals surface area contributed by atoms with E-state index in [1.165, 1.54) is 0 Å². The molecule has 2 N–H and O–H groups in total. The van der Waals surface area contributed by atoms with Crippen LogP contribution in [0.1, 0.15) is 19.8 Å².